The van der Waals surface area contributed by atoms with Crippen LogP contribution in [0, 0.1) is 11.6 Å². The molecule has 8 heteroatoms. The number of aliphatic hydroxyl groups excluding tert-OH is 1. The number of carbonyl (C=O) groups excluding carboxylic acids is 2. The van der Waals surface area contributed by atoms with E-state index in [0.29, 0.717) is 11.8 Å². The van der Waals surface area contributed by atoms with Crippen molar-refractivity contribution in [1.29, 1.82) is 0 Å². The molecule has 1 aliphatic rings. The van der Waals surface area contributed by atoms with E-state index in [1.54, 1.807) is 24.3 Å². The molecule has 1 saturated heterocycles. The number of aliphatic hydroxyl groups is 1. The van der Waals surface area contributed by atoms with Gasteiger partial charge in [0, 0.05) is 17.2 Å². The van der Waals surface area contributed by atoms with Gasteiger partial charge in [0.05, 0.1) is 24.6 Å². The Labute approximate surface area is 195 Å². The second kappa shape index (κ2) is 8.44. The molecule has 34 heavy (non-hydrogen) atoms. The Kier molecular flexibility index (Phi) is 5.77. The normalized spacial score (nSPS) is 17.9. The molecule has 176 valence electrons. The van der Waals surface area contributed by atoms with E-state index in [-0.39, 0.29) is 28.0 Å². The lowest BCUT2D eigenvalue weighted by atomic mass is 9.84. The summed E-state index contributed by atoms with van der Waals surface area (Å²) < 4.78 is 39.1. The van der Waals surface area contributed by atoms with Crippen LogP contribution in [0.5, 0.6) is 5.75 Å². The molecule has 2 heterocycles. The van der Waals surface area contributed by atoms with Gasteiger partial charge in [-0.15, -0.1) is 0 Å². The Morgan fingerprint density at radius 1 is 1.09 bits per heavy atom. The molecule has 4 rings (SSSR count). The summed E-state index contributed by atoms with van der Waals surface area (Å²) in [7, 11) is 1.53. The molecule has 0 saturated carbocycles. The van der Waals surface area contributed by atoms with Crippen molar-refractivity contribution in [2.45, 2.75) is 32.2 Å². The van der Waals surface area contributed by atoms with Crippen molar-refractivity contribution in [3.63, 3.8) is 0 Å². The molecule has 1 aliphatic heterocycles. The SMILES string of the molecule is COc1ccc(/C(O)=C2/C(=O)C(=O)N(c3ccc(F)cc3F)C2c2ccco2)cc1C(C)(C)C. The zero-order chi connectivity index (χ0) is 24.8. The zero-order valence-corrected chi connectivity index (χ0v) is 19.1. The molecule has 3 aromatic rings. The molecule has 1 N–H and O–H groups in total. The fourth-order valence-corrected chi connectivity index (χ4v) is 4.07. The largest absolute Gasteiger partial charge is 0.507 e. The molecule has 1 fully saturated rings. The minimum absolute atomic E-state index is 0.133. The van der Waals surface area contributed by atoms with Crippen LogP contribution in [-0.4, -0.2) is 23.9 Å². The number of ether oxygens (including phenoxy) is 1. The van der Waals surface area contributed by atoms with Crippen LogP contribution in [0.25, 0.3) is 5.76 Å². The van der Waals surface area contributed by atoms with E-state index >= 15 is 0 Å². The van der Waals surface area contributed by atoms with Gasteiger partial charge in [0.15, 0.2) is 0 Å². The summed E-state index contributed by atoms with van der Waals surface area (Å²) in [6, 6.07) is 9.37. The Morgan fingerprint density at radius 2 is 1.82 bits per heavy atom. The van der Waals surface area contributed by atoms with E-state index in [1.165, 1.54) is 19.4 Å². The lowest BCUT2D eigenvalue weighted by Gasteiger charge is -2.24. The number of rotatable bonds is 4. The quantitative estimate of drug-likeness (QED) is 0.312. The number of anilines is 1. The molecule has 1 amide bonds. The fourth-order valence-electron chi connectivity index (χ4n) is 4.07. The molecule has 1 unspecified atom stereocenters. The molecule has 0 spiro atoms. The predicted octanol–water partition coefficient (Wildman–Crippen LogP) is 5.49. The number of amides is 1. The minimum Gasteiger partial charge on any atom is -0.507 e. The van der Waals surface area contributed by atoms with Gasteiger partial charge >= 0.3 is 0 Å². The first-order chi connectivity index (χ1) is 16.0. The van der Waals surface area contributed by atoms with Crippen LogP contribution in [0.1, 0.15) is 43.7 Å². The topological polar surface area (TPSA) is 80.0 Å². The number of methoxy groups -OCH3 is 1. The number of carbonyl (C=O) groups is 2. The summed E-state index contributed by atoms with van der Waals surface area (Å²) in [4.78, 5) is 27.0. The third kappa shape index (κ3) is 3.85. The van der Waals surface area contributed by atoms with Gasteiger partial charge in [-0.2, -0.15) is 0 Å². The fraction of sp³-hybridized carbons (Fsp3) is 0.231. The summed E-state index contributed by atoms with van der Waals surface area (Å²) in [6.07, 6.45) is 1.33. The lowest BCUT2D eigenvalue weighted by molar-refractivity contribution is -0.132. The van der Waals surface area contributed by atoms with Crippen molar-refractivity contribution in [1.82, 2.24) is 0 Å². The number of hydrogen-bond donors (Lipinski definition) is 1. The number of Topliss-reactive ketones (excluding diaryl/α,β-unsaturated/α-hetero) is 1. The van der Waals surface area contributed by atoms with E-state index in [4.69, 9.17) is 9.15 Å². The summed E-state index contributed by atoms with van der Waals surface area (Å²) in [5.74, 6) is -3.67. The highest BCUT2D eigenvalue weighted by molar-refractivity contribution is 6.51. The average molecular weight is 467 g/mol. The Bertz CT molecular complexity index is 1310. The number of ketones is 1. The highest BCUT2D eigenvalue weighted by Crippen LogP contribution is 2.44. The number of furan rings is 1. The minimum atomic E-state index is -1.25. The predicted molar refractivity (Wildman–Crippen MR) is 122 cm³/mol. The van der Waals surface area contributed by atoms with Crippen LogP contribution >= 0.6 is 0 Å². The first-order valence-electron chi connectivity index (χ1n) is 10.5. The molecule has 6 nitrogen and oxygen atoms in total. The monoisotopic (exact) mass is 467 g/mol. The third-order valence-corrected chi connectivity index (χ3v) is 5.71. The van der Waals surface area contributed by atoms with Crippen molar-refractivity contribution < 1.29 is 32.6 Å². The molecular weight excluding hydrogens is 444 g/mol. The van der Waals surface area contributed by atoms with Gasteiger partial charge in [-0.1, -0.05) is 20.8 Å². The van der Waals surface area contributed by atoms with Gasteiger partial charge in [-0.3, -0.25) is 14.5 Å². The zero-order valence-electron chi connectivity index (χ0n) is 19.1. The molecule has 1 aromatic heterocycles. The number of benzene rings is 2. The van der Waals surface area contributed by atoms with Gasteiger partial charge in [0.1, 0.15) is 34.9 Å². The van der Waals surface area contributed by atoms with Crippen LogP contribution in [-0.2, 0) is 15.0 Å². The maximum atomic E-state index is 14.7. The van der Waals surface area contributed by atoms with E-state index in [9.17, 15) is 23.5 Å². The first kappa shape index (κ1) is 23.2. The van der Waals surface area contributed by atoms with Crippen LogP contribution < -0.4 is 9.64 Å². The van der Waals surface area contributed by atoms with Gasteiger partial charge in [0.2, 0.25) is 0 Å². The summed E-state index contributed by atoms with van der Waals surface area (Å²) >= 11 is 0. The Morgan fingerprint density at radius 3 is 2.41 bits per heavy atom. The van der Waals surface area contributed by atoms with Gasteiger partial charge in [0.25, 0.3) is 11.7 Å². The van der Waals surface area contributed by atoms with Crippen molar-refractivity contribution in [3.05, 3.63) is 88.9 Å². The molecule has 0 radical (unpaired) electrons. The van der Waals surface area contributed by atoms with Crippen LogP contribution in [0.3, 0.4) is 0 Å². The van der Waals surface area contributed by atoms with Crippen molar-refractivity contribution in [3.8, 4) is 5.75 Å². The van der Waals surface area contributed by atoms with E-state index in [1.807, 2.05) is 20.8 Å². The molecule has 0 aliphatic carbocycles. The first-order valence-corrected chi connectivity index (χ1v) is 10.5. The molecule has 2 aromatic carbocycles. The van der Waals surface area contributed by atoms with Crippen molar-refractivity contribution in [2.24, 2.45) is 0 Å². The van der Waals surface area contributed by atoms with E-state index < -0.39 is 35.1 Å². The average Bonchev–Trinajstić information content (AvgIpc) is 3.40. The van der Waals surface area contributed by atoms with E-state index in [0.717, 1.165) is 22.6 Å². The standard InChI is InChI=1S/C26H23F2NO5/c1-26(2,3)16-12-14(7-10-19(16)33-4)23(30)21-22(20-6-5-11-34-20)29(25(32)24(21)31)18-9-8-15(27)13-17(18)28/h5-13,22,30H,1-4H3/b23-21-. The maximum absolute atomic E-state index is 14.7. The van der Waals surface area contributed by atoms with Crippen molar-refractivity contribution >= 4 is 23.1 Å². The molecule has 1 atom stereocenters. The number of hydrogen-bond acceptors (Lipinski definition) is 5. The van der Waals surface area contributed by atoms with Crippen molar-refractivity contribution in [2.75, 3.05) is 12.0 Å². The summed E-state index contributed by atoms with van der Waals surface area (Å²) in [5, 5.41) is 11.3. The lowest BCUT2D eigenvalue weighted by Crippen LogP contribution is -2.30. The second-order valence-corrected chi connectivity index (χ2v) is 8.95. The summed E-state index contributed by atoms with van der Waals surface area (Å²) in [5.41, 5.74) is 0.112. The smallest absolute Gasteiger partial charge is 0.300 e. The van der Waals surface area contributed by atoms with Gasteiger partial charge in [-0.05, 0) is 47.9 Å². The second-order valence-electron chi connectivity index (χ2n) is 8.95. The van der Waals surface area contributed by atoms with Gasteiger partial charge < -0.3 is 14.3 Å². The van der Waals surface area contributed by atoms with Crippen LogP contribution in [0.15, 0.2) is 64.8 Å². The molecule has 0 bridgehead atoms. The third-order valence-electron chi connectivity index (χ3n) is 5.71. The van der Waals surface area contributed by atoms with Crippen LogP contribution in [0.4, 0.5) is 14.5 Å². The molecular formula is C26H23F2NO5. The maximum Gasteiger partial charge on any atom is 0.300 e. The summed E-state index contributed by atoms with van der Waals surface area (Å²) in [6.45, 7) is 5.90. The van der Waals surface area contributed by atoms with Crippen LogP contribution in [0.2, 0.25) is 0 Å². The van der Waals surface area contributed by atoms with Gasteiger partial charge in [-0.25, -0.2) is 8.78 Å². The number of nitrogens with zero attached hydrogens (tertiary/aromatic N) is 1. The number of halogens is 2. The Hall–Kier alpha value is -3.94. The highest BCUT2D eigenvalue weighted by Gasteiger charge is 2.49. The Balaban J connectivity index is 1.94. The highest BCUT2D eigenvalue weighted by atomic mass is 19.1. The van der Waals surface area contributed by atoms with E-state index in [2.05, 4.69) is 0 Å².